The number of H-pyrrole nitrogens is 1. The van der Waals surface area contributed by atoms with E-state index >= 15 is 0 Å². The first-order valence-corrected chi connectivity index (χ1v) is 7.94. The lowest BCUT2D eigenvalue weighted by Crippen LogP contribution is -2.18. The summed E-state index contributed by atoms with van der Waals surface area (Å²) in [6.45, 7) is 3.24. The van der Waals surface area contributed by atoms with Gasteiger partial charge in [0, 0.05) is 10.9 Å². The van der Waals surface area contributed by atoms with Crippen LogP contribution in [-0.2, 0) is 9.53 Å². The molecule has 4 nitrogen and oxygen atoms in total. The molecular weight excluding hydrogens is 302 g/mol. The molecule has 0 unspecified atom stereocenters. The lowest BCUT2D eigenvalue weighted by Gasteiger charge is -2.08. The number of esters is 1. The first-order valence-electron chi connectivity index (χ1n) is 7.94. The van der Waals surface area contributed by atoms with Gasteiger partial charge in [-0.1, -0.05) is 62.4 Å². The summed E-state index contributed by atoms with van der Waals surface area (Å²) >= 11 is 0. The van der Waals surface area contributed by atoms with E-state index in [1.54, 1.807) is 13.8 Å². The second-order valence-electron chi connectivity index (χ2n) is 5.97. The van der Waals surface area contributed by atoms with Crippen LogP contribution in [0, 0.1) is 5.92 Å². The largest absolute Gasteiger partial charge is 0.457 e. The van der Waals surface area contributed by atoms with Gasteiger partial charge >= 0.3 is 5.97 Å². The van der Waals surface area contributed by atoms with Crippen molar-refractivity contribution in [1.29, 1.82) is 0 Å². The molecular formula is C20H19NO3. The molecule has 0 amide bonds. The van der Waals surface area contributed by atoms with Crippen LogP contribution in [0.25, 0.3) is 22.2 Å². The van der Waals surface area contributed by atoms with E-state index in [2.05, 4.69) is 4.98 Å². The maximum absolute atomic E-state index is 12.7. The minimum atomic E-state index is -0.371. The lowest BCUT2D eigenvalue weighted by molar-refractivity contribution is -0.146. The number of fused-ring (bicyclic) bond motifs is 1. The van der Waals surface area contributed by atoms with Crippen LogP contribution in [0.5, 0.6) is 0 Å². The highest BCUT2D eigenvalue weighted by atomic mass is 16.5. The van der Waals surface area contributed by atoms with Crippen LogP contribution < -0.4 is 0 Å². The first-order chi connectivity index (χ1) is 11.6. The van der Waals surface area contributed by atoms with Gasteiger partial charge in [-0.15, -0.1) is 0 Å². The molecule has 0 atom stereocenters. The normalized spacial score (nSPS) is 11.0. The molecule has 0 saturated heterocycles. The number of aromatic amines is 1. The Hall–Kier alpha value is -2.88. The smallest absolute Gasteiger partial charge is 0.308 e. The van der Waals surface area contributed by atoms with Crippen molar-refractivity contribution in [3.8, 4) is 11.3 Å². The fraction of sp³-hybridized carbons (Fsp3) is 0.200. The van der Waals surface area contributed by atoms with Crippen LogP contribution >= 0.6 is 0 Å². The fourth-order valence-corrected chi connectivity index (χ4v) is 2.63. The Morgan fingerprint density at radius 3 is 2.38 bits per heavy atom. The summed E-state index contributed by atoms with van der Waals surface area (Å²) in [7, 11) is 0. The Balaban J connectivity index is 2.02. The molecule has 122 valence electrons. The van der Waals surface area contributed by atoms with Crippen molar-refractivity contribution in [1.82, 2.24) is 4.98 Å². The highest BCUT2D eigenvalue weighted by molar-refractivity contribution is 6.14. The number of Topliss-reactive ketones (excluding diaryl/α,β-unsaturated/α-hetero) is 1. The van der Waals surface area contributed by atoms with E-state index < -0.39 is 0 Å². The Morgan fingerprint density at radius 1 is 1.00 bits per heavy atom. The van der Waals surface area contributed by atoms with Gasteiger partial charge in [0.1, 0.15) is 0 Å². The number of nitrogens with one attached hydrogen (secondary N) is 1. The summed E-state index contributed by atoms with van der Waals surface area (Å²) in [5.74, 6) is -0.834. The number of hydrogen-bond donors (Lipinski definition) is 1. The van der Waals surface area contributed by atoms with Crippen molar-refractivity contribution in [2.75, 3.05) is 6.61 Å². The van der Waals surface area contributed by atoms with Gasteiger partial charge in [0.25, 0.3) is 0 Å². The monoisotopic (exact) mass is 321 g/mol. The third kappa shape index (κ3) is 3.08. The predicted octanol–water partition coefficient (Wildman–Crippen LogP) is 4.22. The molecule has 0 radical (unpaired) electrons. The number of ketones is 1. The average molecular weight is 321 g/mol. The Morgan fingerprint density at radius 2 is 1.67 bits per heavy atom. The molecule has 0 fully saturated rings. The van der Waals surface area contributed by atoms with Crippen molar-refractivity contribution in [3.05, 3.63) is 60.2 Å². The van der Waals surface area contributed by atoms with Crippen molar-refractivity contribution in [2.45, 2.75) is 13.8 Å². The number of carbonyl (C=O) groups is 2. The molecule has 1 aromatic heterocycles. The van der Waals surface area contributed by atoms with E-state index in [-0.39, 0.29) is 24.3 Å². The molecule has 1 N–H and O–H groups in total. The van der Waals surface area contributed by atoms with Gasteiger partial charge in [0.05, 0.1) is 17.2 Å². The van der Waals surface area contributed by atoms with Gasteiger partial charge in [-0.25, -0.2) is 0 Å². The van der Waals surface area contributed by atoms with E-state index in [1.165, 1.54) is 0 Å². The number of aromatic nitrogens is 1. The molecule has 3 rings (SSSR count). The molecule has 3 aromatic rings. The molecule has 1 heterocycles. The van der Waals surface area contributed by atoms with Gasteiger partial charge in [-0.2, -0.15) is 0 Å². The summed E-state index contributed by atoms with van der Waals surface area (Å²) in [5.41, 5.74) is 3.12. The molecule has 0 aliphatic carbocycles. The number of ether oxygens (including phenoxy) is 1. The fourth-order valence-electron chi connectivity index (χ4n) is 2.63. The Labute approximate surface area is 140 Å². The molecule has 2 aromatic carbocycles. The van der Waals surface area contributed by atoms with Crippen LogP contribution in [0.3, 0.4) is 0 Å². The number of hydrogen-bond acceptors (Lipinski definition) is 3. The average Bonchev–Trinajstić information content (AvgIpc) is 2.99. The molecule has 0 bridgehead atoms. The zero-order chi connectivity index (χ0) is 17.1. The Bertz CT molecular complexity index is 878. The third-order valence-electron chi connectivity index (χ3n) is 3.86. The molecule has 0 aliphatic heterocycles. The molecule has 0 saturated carbocycles. The van der Waals surface area contributed by atoms with Crippen LogP contribution in [0.4, 0.5) is 0 Å². The zero-order valence-electron chi connectivity index (χ0n) is 13.7. The summed E-state index contributed by atoms with van der Waals surface area (Å²) < 4.78 is 5.13. The number of carbonyl (C=O) groups excluding carboxylic acids is 2. The molecule has 0 spiro atoms. The van der Waals surface area contributed by atoms with E-state index in [9.17, 15) is 9.59 Å². The van der Waals surface area contributed by atoms with E-state index in [1.807, 2.05) is 54.6 Å². The van der Waals surface area contributed by atoms with Crippen LogP contribution in [-0.4, -0.2) is 23.3 Å². The van der Waals surface area contributed by atoms with E-state index in [0.29, 0.717) is 5.56 Å². The minimum Gasteiger partial charge on any atom is -0.457 e. The van der Waals surface area contributed by atoms with Gasteiger partial charge < -0.3 is 9.72 Å². The molecule has 0 aliphatic rings. The van der Waals surface area contributed by atoms with Crippen molar-refractivity contribution in [3.63, 3.8) is 0 Å². The standard InChI is InChI=1S/C20H19NO3/c1-13(2)20(23)24-12-17(22)18-15-10-6-7-11-16(15)21-19(18)14-8-4-3-5-9-14/h3-11,13,21H,12H2,1-2H3. The number of para-hydroxylation sites is 1. The molecule has 4 heteroatoms. The van der Waals surface area contributed by atoms with Crippen molar-refractivity contribution in [2.24, 2.45) is 5.92 Å². The lowest BCUT2D eigenvalue weighted by atomic mass is 10.0. The summed E-state index contributed by atoms with van der Waals surface area (Å²) in [6.07, 6.45) is 0. The Kier molecular flexibility index (Phi) is 4.47. The second-order valence-corrected chi connectivity index (χ2v) is 5.97. The SMILES string of the molecule is CC(C)C(=O)OCC(=O)c1c(-c2ccccc2)[nH]c2ccccc12. The number of rotatable bonds is 5. The van der Waals surface area contributed by atoms with Crippen LogP contribution in [0.1, 0.15) is 24.2 Å². The summed E-state index contributed by atoms with van der Waals surface area (Å²) in [4.78, 5) is 27.7. The van der Waals surface area contributed by atoms with Crippen molar-refractivity contribution >= 4 is 22.7 Å². The van der Waals surface area contributed by atoms with Crippen LogP contribution in [0.2, 0.25) is 0 Å². The number of benzene rings is 2. The highest BCUT2D eigenvalue weighted by Gasteiger charge is 2.21. The predicted molar refractivity (Wildman–Crippen MR) is 93.9 cm³/mol. The first kappa shape index (κ1) is 16.0. The maximum atomic E-state index is 12.7. The van der Waals surface area contributed by atoms with Crippen molar-refractivity contribution < 1.29 is 14.3 Å². The van der Waals surface area contributed by atoms with Gasteiger partial charge in [0.2, 0.25) is 5.78 Å². The summed E-state index contributed by atoms with van der Waals surface area (Å²) in [6, 6.07) is 17.3. The maximum Gasteiger partial charge on any atom is 0.308 e. The molecule has 24 heavy (non-hydrogen) atoms. The summed E-state index contributed by atoms with van der Waals surface area (Å²) in [5, 5.41) is 0.835. The van der Waals surface area contributed by atoms with E-state index in [0.717, 1.165) is 22.2 Å². The van der Waals surface area contributed by atoms with Crippen LogP contribution in [0.15, 0.2) is 54.6 Å². The van der Waals surface area contributed by atoms with E-state index in [4.69, 9.17) is 4.74 Å². The van der Waals surface area contributed by atoms with Gasteiger partial charge in [0.15, 0.2) is 6.61 Å². The second kappa shape index (κ2) is 6.71. The van der Waals surface area contributed by atoms with Gasteiger partial charge in [-0.3, -0.25) is 9.59 Å². The third-order valence-corrected chi connectivity index (χ3v) is 3.86. The quantitative estimate of drug-likeness (QED) is 0.565. The minimum absolute atomic E-state index is 0.208. The topological polar surface area (TPSA) is 59.2 Å². The van der Waals surface area contributed by atoms with Gasteiger partial charge in [-0.05, 0) is 11.6 Å². The zero-order valence-corrected chi connectivity index (χ0v) is 13.7. The highest BCUT2D eigenvalue weighted by Crippen LogP contribution is 2.30.